The third-order valence-corrected chi connectivity index (χ3v) is 4.56. The topological polar surface area (TPSA) is 84.5 Å². The first-order valence-corrected chi connectivity index (χ1v) is 8.57. The van der Waals surface area contributed by atoms with E-state index in [1.54, 1.807) is 0 Å². The Morgan fingerprint density at radius 1 is 1.19 bits per heavy atom. The maximum absolute atomic E-state index is 13.2. The van der Waals surface area contributed by atoms with Gasteiger partial charge in [-0.2, -0.15) is 0 Å². The molecule has 142 valence electrons. The van der Waals surface area contributed by atoms with Crippen LogP contribution in [0.3, 0.4) is 0 Å². The smallest absolute Gasteiger partial charge is 0.340 e. The fraction of sp³-hybridized carbons (Fsp3) is 0.471. The number of benzene rings is 1. The van der Waals surface area contributed by atoms with E-state index >= 15 is 0 Å². The molecule has 1 aromatic rings. The summed E-state index contributed by atoms with van der Waals surface area (Å²) in [5, 5.41) is 4.43. The van der Waals surface area contributed by atoms with Crippen LogP contribution in [-0.4, -0.2) is 30.6 Å². The second-order valence-electron chi connectivity index (χ2n) is 6.21. The van der Waals surface area contributed by atoms with Crippen LogP contribution in [0.15, 0.2) is 12.1 Å². The van der Waals surface area contributed by atoms with Crippen LogP contribution in [-0.2, 0) is 9.53 Å². The molecule has 1 aromatic carbocycles. The molecule has 3 amide bonds. The lowest BCUT2D eigenvalue weighted by atomic mass is 9.86. The molecule has 1 saturated carbocycles. The van der Waals surface area contributed by atoms with Crippen LogP contribution >= 0.6 is 11.6 Å². The Kier molecular flexibility index (Phi) is 6.90. The Morgan fingerprint density at radius 3 is 2.54 bits per heavy atom. The zero-order chi connectivity index (χ0) is 19.3. The molecule has 6 nitrogen and oxygen atoms in total. The van der Waals surface area contributed by atoms with Crippen molar-refractivity contribution in [1.29, 1.82) is 0 Å². The van der Waals surface area contributed by atoms with E-state index in [9.17, 15) is 23.2 Å². The average Bonchev–Trinajstić information content (AvgIpc) is 2.58. The third kappa shape index (κ3) is 5.39. The van der Waals surface area contributed by atoms with Crippen LogP contribution in [0.5, 0.6) is 0 Å². The summed E-state index contributed by atoms with van der Waals surface area (Å²) in [5.74, 6) is -4.12. The number of imide groups is 1. The summed E-state index contributed by atoms with van der Waals surface area (Å²) in [6, 6.07) is 0.525. The zero-order valence-corrected chi connectivity index (χ0v) is 14.9. The van der Waals surface area contributed by atoms with Crippen molar-refractivity contribution in [3.05, 3.63) is 34.4 Å². The Morgan fingerprint density at radius 2 is 1.85 bits per heavy atom. The molecule has 1 aliphatic rings. The molecule has 0 heterocycles. The summed E-state index contributed by atoms with van der Waals surface area (Å²) in [5.41, 5.74) is -0.418. The summed E-state index contributed by atoms with van der Waals surface area (Å²) >= 11 is 5.65. The third-order valence-electron chi connectivity index (χ3n) is 4.25. The van der Waals surface area contributed by atoms with E-state index in [-0.39, 0.29) is 11.1 Å². The molecule has 0 saturated heterocycles. The first-order valence-electron chi connectivity index (χ1n) is 8.20. The van der Waals surface area contributed by atoms with Crippen LogP contribution in [0.2, 0.25) is 5.02 Å². The van der Waals surface area contributed by atoms with Crippen molar-refractivity contribution in [2.24, 2.45) is 5.92 Å². The van der Waals surface area contributed by atoms with Crippen LogP contribution in [0.1, 0.15) is 43.0 Å². The van der Waals surface area contributed by atoms with E-state index in [0.717, 1.165) is 25.7 Å². The summed E-state index contributed by atoms with van der Waals surface area (Å²) < 4.78 is 30.8. The lowest BCUT2D eigenvalue weighted by molar-refractivity contribution is -0.123. The van der Waals surface area contributed by atoms with Gasteiger partial charge in [-0.15, -0.1) is 0 Å². The maximum Gasteiger partial charge on any atom is 0.340 e. The summed E-state index contributed by atoms with van der Waals surface area (Å²) in [6.07, 6.45) is 3.97. The van der Waals surface area contributed by atoms with Gasteiger partial charge in [-0.1, -0.05) is 31.4 Å². The number of hydrogen-bond donors (Lipinski definition) is 2. The van der Waals surface area contributed by atoms with Gasteiger partial charge in [0.05, 0.1) is 10.6 Å². The van der Waals surface area contributed by atoms with Crippen molar-refractivity contribution in [1.82, 2.24) is 10.6 Å². The van der Waals surface area contributed by atoms with E-state index in [4.69, 9.17) is 11.6 Å². The van der Waals surface area contributed by atoms with Crippen molar-refractivity contribution in [2.45, 2.75) is 38.6 Å². The highest BCUT2D eigenvalue weighted by Gasteiger charge is 2.24. The largest absolute Gasteiger partial charge is 0.452 e. The second kappa shape index (κ2) is 8.93. The highest BCUT2D eigenvalue weighted by Crippen LogP contribution is 2.23. The van der Waals surface area contributed by atoms with E-state index in [1.807, 2.05) is 6.92 Å². The molecular formula is C17H19ClF2N2O4. The van der Waals surface area contributed by atoms with Crippen molar-refractivity contribution in [3.8, 4) is 0 Å². The maximum atomic E-state index is 13.2. The summed E-state index contributed by atoms with van der Waals surface area (Å²) in [6.45, 7) is 1.26. The first-order chi connectivity index (χ1) is 12.3. The molecule has 26 heavy (non-hydrogen) atoms. The molecule has 0 radical (unpaired) electrons. The minimum Gasteiger partial charge on any atom is -0.452 e. The molecular weight excluding hydrogens is 370 g/mol. The quantitative estimate of drug-likeness (QED) is 0.613. The van der Waals surface area contributed by atoms with Crippen molar-refractivity contribution in [2.75, 3.05) is 6.61 Å². The van der Waals surface area contributed by atoms with Gasteiger partial charge < -0.3 is 10.1 Å². The lowest BCUT2D eigenvalue weighted by Gasteiger charge is -2.29. The van der Waals surface area contributed by atoms with Crippen LogP contribution in [0, 0.1) is 17.6 Å². The minimum absolute atomic E-state index is 0.0138. The fourth-order valence-electron chi connectivity index (χ4n) is 2.79. The van der Waals surface area contributed by atoms with Gasteiger partial charge in [-0.25, -0.2) is 18.4 Å². The van der Waals surface area contributed by atoms with Crippen molar-refractivity contribution < 1.29 is 27.9 Å². The molecule has 2 N–H and O–H groups in total. The van der Waals surface area contributed by atoms with Crippen LogP contribution in [0.25, 0.3) is 0 Å². The Labute approximate surface area is 154 Å². The highest BCUT2D eigenvalue weighted by atomic mass is 35.5. The van der Waals surface area contributed by atoms with Gasteiger partial charge in [-0.3, -0.25) is 10.1 Å². The van der Waals surface area contributed by atoms with Crippen LogP contribution in [0.4, 0.5) is 13.6 Å². The number of hydrogen-bond acceptors (Lipinski definition) is 4. The van der Waals surface area contributed by atoms with E-state index in [0.29, 0.717) is 18.1 Å². The second-order valence-corrected chi connectivity index (χ2v) is 6.62. The van der Waals surface area contributed by atoms with E-state index in [2.05, 4.69) is 15.4 Å². The summed E-state index contributed by atoms with van der Waals surface area (Å²) in [4.78, 5) is 35.3. The molecule has 0 unspecified atom stereocenters. The number of halogens is 3. The Hall–Kier alpha value is -2.22. The first kappa shape index (κ1) is 20.1. The molecule has 9 heteroatoms. The highest BCUT2D eigenvalue weighted by molar-refractivity contribution is 6.33. The molecule has 1 aliphatic carbocycles. The average molecular weight is 389 g/mol. The standard InChI is InChI=1S/C17H19ClF2N2O4/c1-9-4-2-3-5-14(9)21-17(25)22-15(23)8-26-16(24)10-6-12(19)13(20)7-11(10)18/h6-7,9,14H,2-5,8H2,1H3,(H2,21,22,23,25)/t9-,14-/m0/s1. The Bertz CT molecular complexity index is 714. The van der Waals surface area contributed by atoms with Gasteiger partial charge in [0.1, 0.15) is 0 Å². The van der Waals surface area contributed by atoms with Gasteiger partial charge in [0, 0.05) is 6.04 Å². The van der Waals surface area contributed by atoms with Crippen molar-refractivity contribution in [3.63, 3.8) is 0 Å². The van der Waals surface area contributed by atoms with Gasteiger partial charge in [0.2, 0.25) is 0 Å². The minimum atomic E-state index is -1.27. The predicted molar refractivity (Wildman–Crippen MR) is 89.7 cm³/mol. The van der Waals surface area contributed by atoms with Gasteiger partial charge >= 0.3 is 12.0 Å². The number of carbonyl (C=O) groups is 3. The fourth-order valence-corrected chi connectivity index (χ4v) is 3.01. The SMILES string of the molecule is C[C@H]1CCCC[C@@H]1NC(=O)NC(=O)COC(=O)c1cc(F)c(F)cc1Cl. The van der Waals surface area contributed by atoms with Crippen LogP contribution < -0.4 is 10.6 Å². The number of esters is 1. The normalized spacial score (nSPS) is 19.5. The molecule has 0 aliphatic heterocycles. The van der Waals surface area contributed by atoms with Gasteiger partial charge in [-0.05, 0) is 30.9 Å². The zero-order valence-electron chi connectivity index (χ0n) is 14.1. The van der Waals surface area contributed by atoms with Gasteiger partial charge in [0.25, 0.3) is 5.91 Å². The molecule has 1 fully saturated rings. The van der Waals surface area contributed by atoms with Gasteiger partial charge in [0.15, 0.2) is 18.2 Å². The molecule has 0 aromatic heterocycles. The summed E-state index contributed by atoms with van der Waals surface area (Å²) in [7, 11) is 0. The number of carbonyl (C=O) groups excluding carboxylic acids is 3. The predicted octanol–water partition coefficient (Wildman–Crippen LogP) is 3.18. The Balaban J connectivity index is 1.81. The van der Waals surface area contributed by atoms with E-state index in [1.165, 1.54) is 0 Å². The number of amides is 3. The number of ether oxygens (including phenoxy) is 1. The molecule has 0 bridgehead atoms. The number of rotatable bonds is 4. The van der Waals surface area contributed by atoms with Crippen molar-refractivity contribution >= 4 is 29.5 Å². The molecule has 2 rings (SSSR count). The number of urea groups is 1. The molecule has 2 atom stereocenters. The monoisotopic (exact) mass is 388 g/mol. The molecule has 0 spiro atoms. The van der Waals surface area contributed by atoms with E-state index < -0.39 is 41.7 Å². The lowest BCUT2D eigenvalue weighted by Crippen LogP contribution is -2.48. The number of nitrogens with one attached hydrogen (secondary N) is 2.